The Morgan fingerprint density at radius 1 is 0.674 bits per heavy atom. The van der Waals surface area contributed by atoms with Gasteiger partial charge in [0.25, 0.3) is 17.7 Å². The van der Waals surface area contributed by atoms with E-state index in [1.165, 1.54) is 42.5 Å². The number of rotatable bonds is 8. The van der Waals surface area contributed by atoms with Crippen molar-refractivity contribution in [3.8, 4) is 0 Å². The van der Waals surface area contributed by atoms with Gasteiger partial charge < -0.3 is 5.32 Å². The summed E-state index contributed by atoms with van der Waals surface area (Å²) in [7, 11) is 0. The quantitative estimate of drug-likeness (QED) is 0.142. The van der Waals surface area contributed by atoms with Crippen LogP contribution in [0.2, 0.25) is 5.02 Å². The molecular weight excluding hydrogens is 797 g/mol. The molecule has 1 N–H and O–H groups in total. The normalized spacial score (nSPS) is 12.7. The minimum absolute atomic E-state index is 0.0946. The third kappa shape index (κ3) is 6.55. The Morgan fingerprint density at radius 2 is 1.15 bits per heavy atom. The van der Waals surface area contributed by atoms with E-state index in [9.17, 15) is 45.1 Å². The number of carbonyl (C=O) groups excluding carboxylic acids is 3. The Hall–Kier alpha value is -3.40. The first-order chi connectivity index (χ1) is 21.4. The van der Waals surface area contributed by atoms with Crippen LogP contribution >= 0.6 is 48.1 Å². The van der Waals surface area contributed by atoms with Gasteiger partial charge in [-0.3, -0.25) is 14.4 Å². The number of carbonyl (C=O) groups is 3. The molecule has 5 nitrogen and oxygen atoms in total. The van der Waals surface area contributed by atoms with Crippen molar-refractivity contribution < 1.29 is 45.1 Å². The standard InChI is InChI=1S/C30H18Br2ClF7N2O3S/c31-46(32,30(39,40)28(34,35)29(36,37)38)23-17-8-7-15-21(23)41-25(43)20-14-9-16-22(24(20)33)42(26(44)18-10-3-1-4-11-18)27(45)19-12-5-2-6-13-19/h1-17H,(H,41,43). The van der Waals surface area contributed by atoms with Gasteiger partial charge in [0.05, 0.1) is 22.0 Å². The number of amides is 3. The minimum Gasteiger partial charge on any atom is -0.321 e. The van der Waals surface area contributed by atoms with Crippen LogP contribution in [0.1, 0.15) is 31.1 Å². The molecule has 0 radical (unpaired) electrons. The van der Waals surface area contributed by atoms with Crippen LogP contribution in [0.25, 0.3) is 0 Å². The van der Waals surface area contributed by atoms with Crippen molar-refractivity contribution in [1.82, 2.24) is 0 Å². The van der Waals surface area contributed by atoms with Crippen molar-refractivity contribution in [3.05, 3.63) is 125 Å². The predicted octanol–water partition coefficient (Wildman–Crippen LogP) is 10.7. The number of alkyl halides is 7. The molecule has 0 aliphatic heterocycles. The summed E-state index contributed by atoms with van der Waals surface area (Å²) < 4.78 is 96.8. The van der Waals surface area contributed by atoms with Gasteiger partial charge >= 0.3 is 17.4 Å². The number of anilines is 2. The van der Waals surface area contributed by atoms with E-state index in [1.54, 1.807) is 36.4 Å². The largest absolute Gasteiger partial charge is 0.460 e. The maximum atomic E-state index is 14.9. The molecule has 242 valence electrons. The molecule has 0 spiro atoms. The number of imide groups is 1. The van der Waals surface area contributed by atoms with Gasteiger partial charge in [-0.2, -0.15) is 30.7 Å². The molecule has 4 aromatic rings. The molecule has 3 amide bonds. The van der Waals surface area contributed by atoms with Crippen LogP contribution in [0.15, 0.2) is 108 Å². The molecule has 0 aliphatic rings. The Bertz CT molecular complexity index is 1730. The van der Waals surface area contributed by atoms with Gasteiger partial charge in [0.15, 0.2) is 0 Å². The van der Waals surface area contributed by atoms with Gasteiger partial charge in [-0.15, -0.1) is 0 Å². The first kappa shape index (κ1) is 35.5. The highest BCUT2D eigenvalue weighted by molar-refractivity contribution is 9.91. The molecule has 0 atom stereocenters. The molecule has 16 heteroatoms. The smallest absolute Gasteiger partial charge is 0.321 e. The van der Waals surface area contributed by atoms with E-state index in [-0.39, 0.29) is 16.8 Å². The molecule has 0 heterocycles. The van der Waals surface area contributed by atoms with Gasteiger partial charge in [-0.25, -0.2) is 4.90 Å². The van der Waals surface area contributed by atoms with Crippen LogP contribution < -0.4 is 10.2 Å². The molecule has 0 bridgehead atoms. The highest BCUT2D eigenvalue weighted by atomic mass is 79.9. The molecule has 0 unspecified atom stereocenters. The first-order valence-corrected chi connectivity index (χ1v) is 18.4. The van der Waals surface area contributed by atoms with Crippen LogP contribution in [-0.2, 0) is 0 Å². The van der Waals surface area contributed by atoms with E-state index < -0.39 is 63.1 Å². The maximum Gasteiger partial charge on any atom is 0.460 e. The molecule has 0 aromatic heterocycles. The lowest BCUT2D eigenvalue weighted by molar-refractivity contribution is -0.330. The summed E-state index contributed by atoms with van der Waals surface area (Å²) in [5, 5.41) is -3.96. The molecule has 0 aliphatic carbocycles. The molecule has 4 aromatic carbocycles. The third-order valence-corrected chi connectivity index (χ3v) is 13.1. The predicted molar refractivity (Wildman–Crippen MR) is 170 cm³/mol. The fraction of sp³-hybridized carbons (Fsp3) is 0.100. The molecular formula is C30H18Br2ClF7N2O3S. The highest BCUT2D eigenvalue weighted by Gasteiger charge is 2.78. The number of nitrogens with zero attached hydrogens (tertiary/aromatic N) is 1. The summed E-state index contributed by atoms with van der Waals surface area (Å²) >= 11 is 11.3. The molecule has 0 fully saturated rings. The Kier molecular flexibility index (Phi) is 10.3. The zero-order valence-corrected chi connectivity index (χ0v) is 27.4. The summed E-state index contributed by atoms with van der Waals surface area (Å²) in [4.78, 5) is 40.6. The average molecular weight is 815 g/mol. The molecule has 0 saturated heterocycles. The van der Waals surface area contributed by atoms with E-state index in [0.717, 1.165) is 29.2 Å². The lowest BCUT2D eigenvalue weighted by Crippen LogP contribution is -2.52. The summed E-state index contributed by atoms with van der Waals surface area (Å²) in [6.45, 7) is -4.68. The monoisotopic (exact) mass is 812 g/mol. The summed E-state index contributed by atoms with van der Waals surface area (Å²) in [5.41, 5.74) is -0.997. The second-order valence-corrected chi connectivity index (χ2v) is 20.0. The van der Waals surface area contributed by atoms with Crippen molar-refractivity contribution >= 4 is 77.2 Å². The van der Waals surface area contributed by atoms with E-state index in [0.29, 0.717) is 0 Å². The second kappa shape index (κ2) is 13.4. The second-order valence-electron chi connectivity index (χ2n) is 9.32. The maximum absolute atomic E-state index is 14.9. The van der Waals surface area contributed by atoms with Crippen LogP contribution in [0.4, 0.5) is 42.1 Å². The number of benzene rings is 4. The van der Waals surface area contributed by atoms with Crippen LogP contribution in [0, 0.1) is 0 Å². The minimum atomic E-state index is -6.61. The van der Waals surface area contributed by atoms with Crippen LogP contribution in [0.5, 0.6) is 0 Å². The van der Waals surface area contributed by atoms with E-state index in [4.69, 9.17) is 11.6 Å². The SMILES string of the molecule is O=C(Nc1ccccc1S(Br)(Br)C(F)(F)C(F)(F)C(F)(F)F)c1cccc(N(C(=O)c2ccccc2)C(=O)c2ccccc2)c1Cl. The number of para-hydroxylation sites is 1. The topological polar surface area (TPSA) is 66.5 Å². The molecule has 46 heavy (non-hydrogen) atoms. The van der Waals surface area contributed by atoms with Gasteiger partial charge in [0, 0.05) is 16.0 Å². The van der Waals surface area contributed by atoms with Crippen LogP contribution in [0.3, 0.4) is 0 Å². The Labute approximate surface area is 278 Å². The zero-order chi connectivity index (χ0) is 34.1. The fourth-order valence-corrected chi connectivity index (χ4v) is 8.61. The summed E-state index contributed by atoms with van der Waals surface area (Å²) in [6, 6.07) is 23.2. The number of halogens is 10. The number of nitrogens with one attached hydrogen (secondary N) is 1. The van der Waals surface area contributed by atoms with E-state index in [1.807, 2.05) is 0 Å². The fourth-order valence-electron chi connectivity index (χ4n) is 4.05. The van der Waals surface area contributed by atoms with E-state index in [2.05, 4.69) is 34.9 Å². The van der Waals surface area contributed by atoms with Gasteiger partial charge in [-0.05, 0) is 85.1 Å². The molecule has 0 saturated carbocycles. The van der Waals surface area contributed by atoms with Crippen molar-refractivity contribution in [1.29, 1.82) is 0 Å². The lowest BCUT2D eigenvalue weighted by Gasteiger charge is -2.40. The average Bonchev–Trinajstić information content (AvgIpc) is 3.02. The van der Waals surface area contributed by atoms with Crippen LogP contribution in [-0.4, -0.2) is 35.1 Å². The lowest BCUT2D eigenvalue weighted by atomic mass is 10.1. The Balaban J connectivity index is 1.77. The summed E-state index contributed by atoms with van der Waals surface area (Å²) in [6.07, 6.45) is -6.61. The van der Waals surface area contributed by atoms with Crippen molar-refractivity contribution in [3.63, 3.8) is 0 Å². The number of hydrogen-bond donors (Lipinski definition) is 1. The molecule has 4 rings (SSSR count). The van der Waals surface area contributed by atoms with E-state index >= 15 is 0 Å². The third-order valence-electron chi connectivity index (χ3n) is 6.37. The van der Waals surface area contributed by atoms with Gasteiger partial charge in [0.1, 0.15) is 0 Å². The number of hydrogen-bond acceptors (Lipinski definition) is 3. The van der Waals surface area contributed by atoms with Crippen molar-refractivity contribution in [2.45, 2.75) is 22.2 Å². The zero-order valence-electron chi connectivity index (χ0n) is 22.7. The summed E-state index contributed by atoms with van der Waals surface area (Å²) in [5.74, 6) is -9.21. The van der Waals surface area contributed by atoms with Crippen molar-refractivity contribution in [2.75, 3.05) is 10.2 Å². The highest BCUT2D eigenvalue weighted by Crippen LogP contribution is 2.82. The van der Waals surface area contributed by atoms with Crippen molar-refractivity contribution in [2.24, 2.45) is 0 Å². The van der Waals surface area contributed by atoms with Gasteiger partial charge in [-0.1, -0.05) is 66.2 Å². The first-order valence-electron chi connectivity index (χ1n) is 12.7. The van der Waals surface area contributed by atoms with Gasteiger partial charge in [0.2, 0.25) is 0 Å². The Morgan fingerprint density at radius 3 is 1.65 bits per heavy atom.